The van der Waals surface area contributed by atoms with Crippen molar-refractivity contribution in [1.82, 2.24) is 0 Å². The van der Waals surface area contributed by atoms with Gasteiger partial charge in [-0.3, -0.25) is 0 Å². The Morgan fingerprint density at radius 1 is 1.33 bits per heavy atom. The molecule has 1 radical (unpaired) electrons. The summed E-state index contributed by atoms with van der Waals surface area (Å²) >= 11 is 1.89. The van der Waals surface area contributed by atoms with Crippen LogP contribution in [0.4, 0.5) is 0 Å². The SMILES string of the molecule is CC(C)SCc1ccc(O[C-]=O)cc1.[Re]. The van der Waals surface area contributed by atoms with Crippen LogP contribution in [0.25, 0.3) is 0 Å². The van der Waals surface area contributed by atoms with Crippen molar-refractivity contribution in [2.45, 2.75) is 24.9 Å². The summed E-state index contributed by atoms with van der Waals surface area (Å²) in [5.74, 6) is 1.53. The molecule has 0 heterocycles. The Labute approximate surface area is 108 Å². The average molecular weight is 395 g/mol. The number of rotatable bonds is 5. The number of hydrogen-bond donors (Lipinski definition) is 0. The molecule has 15 heavy (non-hydrogen) atoms. The van der Waals surface area contributed by atoms with Gasteiger partial charge in [0.2, 0.25) is 0 Å². The Kier molecular flexibility index (Phi) is 7.77. The van der Waals surface area contributed by atoms with Crippen molar-refractivity contribution in [1.29, 1.82) is 0 Å². The zero-order chi connectivity index (χ0) is 10.4. The van der Waals surface area contributed by atoms with Crippen LogP contribution in [0.1, 0.15) is 19.4 Å². The van der Waals surface area contributed by atoms with Crippen LogP contribution in [0.5, 0.6) is 5.75 Å². The Balaban J connectivity index is 0.00000196. The van der Waals surface area contributed by atoms with Gasteiger partial charge in [-0.2, -0.15) is 11.8 Å². The fourth-order valence-corrected chi connectivity index (χ4v) is 1.68. The van der Waals surface area contributed by atoms with Crippen molar-refractivity contribution in [2.24, 2.45) is 0 Å². The van der Waals surface area contributed by atoms with E-state index in [-0.39, 0.29) is 20.4 Å². The Bertz CT molecular complexity index is 285. The Morgan fingerprint density at radius 2 is 1.93 bits per heavy atom. The first-order valence-corrected chi connectivity index (χ1v) is 5.52. The summed E-state index contributed by atoms with van der Waals surface area (Å²) < 4.78 is 4.57. The molecule has 0 bridgehead atoms. The molecule has 0 N–H and O–H groups in total. The minimum atomic E-state index is 0. The zero-order valence-electron chi connectivity index (χ0n) is 8.70. The topological polar surface area (TPSA) is 26.3 Å². The second-order valence-electron chi connectivity index (χ2n) is 3.19. The normalized spacial score (nSPS) is 9.53. The third-order valence-corrected chi connectivity index (χ3v) is 2.83. The summed E-state index contributed by atoms with van der Waals surface area (Å²) in [6.45, 7) is 5.74. The van der Waals surface area contributed by atoms with E-state index in [1.54, 1.807) is 12.1 Å². The van der Waals surface area contributed by atoms with Crippen molar-refractivity contribution >= 4 is 18.2 Å². The van der Waals surface area contributed by atoms with Crippen LogP contribution in [-0.4, -0.2) is 11.7 Å². The Hall–Kier alpha value is -0.298. The second kappa shape index (κ2) is 7.93. The molecule has 0 aliphatic heterocycles. The number of thioether (sulfide) groups is 1. The maximum Gasteiger partial charge on any atom is 0.170 e. The van der Waals surface area contributed by atoms with Crippen molar-refractivity contribution in [2.75, 3.05) is 0 Å². The summed E-state index contributed by atoms with van der Waals surface area (Å²) in [5.41, 5.74) is 1.24. The van der Waals surface area contributed by atoms with Gasteiger partial charge in [-0.15, -0.1) is 12.1 Å². The van der Waals surface area contributed by atoms with Gasteiger partial charge in [0.1, 0.15) is 0 Å². The molecule has 0 fully saturated rings. The van der Waals surface area contributed by atoms with Crippen LogP contribution < -0.4 is 4.74 Å². The molecule has 0 spiro atoms. The van der Waals surface area contributed by atoms with Crippen molar-refractivity contribution in [3.8, 4) is 5.75 Å². The molecular weight excluding hydrogens is 382 g/mol. The first-order chi connectivity index (χ1) is 6.72. The third kappa shape index (κ3) is 5.99. The van der Waals surface area contributed by atoms with Gasteiger partial charge in [0, 0.05) is 26.2 Å². The van der Waals surface area contributed by atoms with Gasteiger partial charge in [-0.25, -0.2) is 0 Å². The zero-order valence-corrected chi connectivity index (χ0v) is 12.2. The standard InChI is InChI=1S/C11H13O2S.Re/c1-9(2)14-7-10-3-5-11(6-4-10)13-8-12;/h3-6,9H,7H2,1-2H3;/q-1;. The summed E-state index contributed by atoms with van der Waals surface area (Å²) in [7, 11) is 0. The smallest absolute Gasteiger partial charge is 0.170 e. The fraction of sp³-hybridized carbons (Fsp3) is 0.364. The molecule has 0 aliphatic carbocycles. The van der Waals surface area contributed by atoms with Crippen molar-refractivity contribution in [3.63, 3.8) is 0 Å². The van der Waals surface area contributed by atoms with E-state index >= 15 is 0 Å². The summed E-state index contributed by atoms with van der Waals surface area (Å²) in [6.07, 6.45) is 0. The van der Waals surface area contributed by atoms with Gasteiger partial charge in [0.15, 0.2) is 6.47 Å². The molecular formula is C11H13O2ReS-. The largest absolute Gasteiger partial charge is 0.610 e. The minimum Gasteiger partial charge on any atom is -0.610 e. The maximum absolute atomic E-state index is 9.92. The molecule has 83 valence electrons. The van der Waals surface area contributed by atoms with Gasteiger partial charge < -0.3 is 9.53 Å². The van der Waals surface area contributed by atoms with E-state index < -0.39 is 0 Å². The molecule has 1 aromatic carbocycles. The molecule has 0 aliphatic rings. The first-order valence-electron chi connectivity index (χ1n) is 4.47. The summed E-state index contributed by atoms with van der Waals surface area (Å²) in [4.78, 5) is 9.92. The average Bonchev–Trinajstić information content (AvgIpc) is 2.17. The molecule has 0 saturated heterocycles. The van der Waals surface area contributed by atoms with E-state index in [4.69, 9.17) is 0 Å². The number of benzene rings is 1. The monoisotopic (exact) mass is 396 g/mol. The van der Waals surface area contributed by atoms with Crippen LogP contribution in [0, 0.1) is 0 Å². The number of ether oxygens (including phenoxy) is 1. The Morgan fingerprint density at radius 3 is 2.40 bits per heavy atom. The summed E-state index contributed by atoms with van der Waals surface area (Å²) in [6, 6.07) is 7.48. The molecule has 0 saturated carbocycles. The number of carbonyl (C=O) groups excluding carboxylic acids is 1. The van der Waals surface area contributed by atoms with Crippen molar-refractivity contribution < 1.29 is 30.0 Å². The van der Waals surface area contributed by atoms with Crippen LogP contribution in [0.3, 0.4) is 0 Å². The fourth-order valence-electron chi connectivity index (χ4n) is 0.965. The maximum atomic E-state index is 9.92. The van der Waals surface area contributed by atoms with E-state index in [0.29, 0.717) is 11.0 Å². The van der Waals surface area contributed by atoms with E-state index in [2.05, 4.69) is 18.6 Å². The molecule has 1 rings (SSSR count). The predicted molar refractivity (Wildman–Crippen MR) is 59.2 cm³/mol. The molecule has 0 amide bonds. The van der Waals surface area contributed by atoms with Crippen molar-refractivity contribution in [3.05, 3.63) is 29.8 Å². The molecule has 4 heteroatoms. The van der Waals surface area contributed by atoms with Crippen LogP contribution >= 0.6 is 11.8 Å². The molecule has 1 aromatic rings. The first kappa shape index (κ1) is 14.7. The van der Waals surface area contributed by atoms with E-state index in [1.165, 1.54) is 12.0 Å². The van der Waals surface area contributed by atoms with Crippen LogP contribution in [-0.2, 0) is 31.0 Å². The quantitative estimate of drug-likeness (QED) is 0.718. The van der Waals surface area contributed by atoms with Gasteiger partial charge in [0.25, 0.3) is 0 Å². The molecule has 0 aromatic heterocycles. The predicted octanol–water partition coefficient (Wildman–Crippen LogP) is 2.77. The third-order valence-electron chi connectivity index (χ3n) is 1.67. The molecule has 2 nitrogen and oxygen atoms in total. The van der Waals surface area contributed by atoms with E-state index in [9.17, 15) is 4.79 Å². The van der Waals surface area contributed by atoms with Crippen LogP contribution in [0.2, 0.25) is 0 Å². The van der Waals surface area contributed by atoms with Gasteiger partial charge in [-0.05, 0) is 16.6 Å². The molecule has 0 atom stereocenters. The van der Waals surface area contributed by atoms with Gasteiger partial charge in [0.05, 0.1) is 0 Å². The summed E-state index contributed by atoms with van der Waals surface area (Å²) in [5, 5.41) is 0.634. The van der Waals surface area contributed by atoms with Gasteiger partial charge >= 0.3 is 0 Å². The number of hydrogen-bond acceptors (Lipinski definition) is 3. The van der Waals surface area contributed by atoms with Crippen LogP contribution in [0.15, 0.2) is 24.3 Å². The molecule has 0 unspecified atom stereocenters. The second-order valence-corrected chi connectivity index (χ2v) is 4.75. The minimum absolute atomic E-state index is 0. The van der Waals surface area contributed by atoms with Gasteiger partial charge in [-0.1, -0.05) is 26.0 Å². The van der Waals surface area contributed by atoms with E-state index in [0.717, 1.165) is 5.75 Å². The van der Waals surface area contributed by atoms with E-state index in [1.807, 2.05) is 23.9 Å².